The van der Waals surface area contributed by atoms with Crippen LogP contribution in [0.5, 0.6) is 0 Å². The van der Waals surface area contributed by atoms with E-state index in [1.165, 1.54) is 17.1 Å². The van der Waals surface area contributed by atoms with Gasteiger partial charge in [-0.15, -0.1) is 0 Å². The zero-order valence-corrected chi connectivity index (χ0v) is 15.9. The number of halogens is 3. The molecule has 3 N–H and O–H groups in total. The lowest BCUT2D eigenvalue weighted by Crippen LogP contribution is -2.90. The van der Waals surface area contributed by atoms with Gasteiger partial charge in [0.25, 0.3) is 5.88 Å². The lowest BCUT2D eigenvalue weighted by Gasteiger charge is -2.22. The van der Waals surface area contributed by atoms with E-state index in [0.29, 0.717) is 17.9 Å². The summed E-state index contributed by atoms with van der Waals surface area (Å²) in [6.45, 7) is 0.715. The lowest BCUT2D eigenvalue weighted by atomic mass is 10.1. The number of rotatable bonds is 4. The molecule has 2 aliphatic heterocycles. The van der Waals surface area contributed by atoms with Crippen LogP contribution < -0.4 is 20.9 Å². The molecule has 2 heterocycles. The maximum Gasteiger partial charge on any atom is 0.416 e. The van der Waals surface area contributed by atoms with Gasteiger partial charge in [-0.1, -0.05) is 18.2 Å². The van der Waals surface area contributed by atoms with Crippen molar-refractivity contribution in [3.63, 3.8) is 0 Å². The topological polar surface area (TPSA) is 43.3 Å². The Labute approximate surface area is 164 Å². The summed E-state index contributed by atoms with van der Waals surface area (Å²) in [6, 6.07) is 12.7. The molecular weight excluding hydrogens is 387 g/mol. The largest absolute Gasteiger partial charge is 0.490 e. The second-order valence-electron chi connectivity index (χ2n) is 6.53. The third kappa shape index (κ3) is 3.22. The van der Waals surface area contributed by atoms with Crippen LogP contribution >= 0.6 is 11.8 Å². The van der Waals surface area contributed by atoms with Gasteiger partial charge in [-0.25, -0.2) is 5.43 Å². The highest BCUT2D eigenvalue weighted by molar-refractivity contribution is 7.98. The minimum Gasteiger partial charge on any atom is -0.490 e. The van der Waals surface area contributed by atoms with E-state index in [0.717, 1.165) is 34.0 Å². The van der Waals surface area contributed by atoms with Gasteiger partial charge in [0, 0.05) is 28.9 Å². The van der Waals surface area contributed by atoms with Crippen molar-refractivity contribution in [2.45, 2.75) is 6.18 Å². The molecule has 146 valence electrons. The highest BCUT2D eigenvalue weighted by Gasteiger charge is 2.38. The molecule has 0 aliphatic carbocycles. The number of nitrogens with two attached hydrogens (primary N) is 1. The number of nitrogens with zero attached hydrogens (tertiary/aromatic N) is 2. The highest BCUT2D eigenvalue weighted by atomic mass is 32.2. The van der Waals surface area contributed by atoms with Crippen LogP contribution in [0.25, 0.3) is 11.9 Å². The Morgan fingerprint density at radius 1 is 1.07 bits per heavy atom. The van der Waals surface area contributed by atoms with E-state index >= 15 is 0 Å². The Kier molecular flexibility index (Phi) is 4.76. The van der Waals surface area contributed by atoms with Crippen molar-refractivity contribution < 1.29 is 23.7 Å². The number of quaternary nitrogens is 1. The standard InChI is InChI=1S/C20H18F3N3OS/c1-28-11-10-25-12-13-4-2-3-5-16(13)17-18(25)19(27)26(24-17)15-8-6-14(7-9-15)20(21,22)23/h2-9,12,24,27H,10-11H2,1H3/p+1. The molecule has 0 fully saturated rings. The lowest BCUT2D eigenvalue weighted by molar-refractivity contribution is -0.568. The summed E-state index contributed by atoms with van der Waals surface area (Å²) in [4.78, 5) is 2.00. The molecule has 8 heteroatoms. The van der Waals surface area contributed by atoms with Gasteiger partial charge in [0.15, 0.2) is 11.4 Å². The van der Waals surface area contributed by atoms with Crippen molar-refractivity contribution in [1.29, 1.82) is 0 Å². The summed E-state index contributed by atoms with van der Waals surface area (Å²) in [5.41, 5.74) is 3.07. The zero-order valence-electron chi connectivity index (χ0n) is 15.1. The Bertz CT molecular complexity index is 1050. The summed E-state index contributed by atoms with van der Waals surface area (Å²) < 4.78 is 38.6. The zero-order chi connectivity index (χ0) is 19.9. The number of anilines is 1. The van der Waals surface area contributed by atoms with E-state index in [2.05, 4.69) is 0 Å². The number of thioether (sulfide) groups is 1. The number of fused-ring (bicyclic) bond motifs is 2. The molecule has 28 heavy (non-hydrogen) atoms. The number of hydrogen-bond acceptors (Lipinski definition) is 4. The van der Waals surface area contributed by atoms with Crippen LogP contribution in [0.2, 0.25) is 0 Å². The molecule has 0 saturated carbocycles. The molecule has 0 unspecified atom stereocenters. The highest BCUT2D eigenvalue weighted by Crippen LogP contribution is 2.32. The van der Waals surface area contributed by atoms with Crippen LogP contribution in [0.15, 0.2) is 60.1 Å². The maximum absolute atomic E-state index is 12.9. The van der Waals surface area contributed by atoms with Gasteiger partial charge in [-0.3, -0.25) is 0 Å². The summed E-state index contributed by atoms with van der Waals surface area (Å²) >= 11 is 1.71. The van der Waals surface area contributed by atoms with E-state index in [4.69, 9.17) is 0 Å². The molecule has 0 bridgehead atoms. The normalized spacial score (nSPS) is 16.2. The van der Waals surface area contributed by atoms with Gasteiger partial charge in [-0.05, 0) is 36.6 Å². The molecule has 2 aromatic rings. The second-order valence-corrected chi connectivity index (χ2v) is 7.52. The predicted molar refractivity (Wildman–Crippen MR) is 104 cm³/mol. The molecule has 0 aromatic heterocycles. The van der Waals surface area contributed by atoms with E-state index in [9.17, 15) is 18.3 Å². The fraction of sp³-hybridized carbons (Fsp3) is 0.200. The smallest absolute Gasteiger partial charge is 0.416 e. The number of aliphatic hydroxyl groups is 1. The summed E-state index contributed by atoms with van der Waals surface area (Å²) in [5.74, 6) is 0.893. The molecule has 2 aromatic carbocycles. The van der Waals surface area contributed by atoms with Crippen LogP contribution in [0.4, 0.5) is 18.9 Å². The third-order valence-electron chi connectivity index (χ3n) is 4.80. The number of benzene rings is 2. The number of alkyl halides is 3. The molecule has 0 amide bonds. The Morgan fingerprint density at radius 2 is 1.79 bits per heavy atom. The average Bonchev–Trinajstić information content (AvgIpc) is 3.03. The molecule has 2 aliphatic rings. The fourth-order valence-electron chi connectivity index (χ4n) is 3.43. The molecule has 0 atom stereocenters. The van der Waals surface area contributed by atoms with Crippen LogP contribution in [-0.4, -0.2) is 28.6 Å². The molecule has 0 spiro atoms. The Balaban J connectivity index is 1.78. The maximum atomic E-state index is 12.9. The van der Waals surface area contributed by atoms with Crippen LogP contribution in [-0.2, 0) is 6.18 Å². The quantitative estimate of drug-likeness (QED) is 0.762. The van der Waals surface area contributed by atoms with Gasteiger partial charge in [-0.2, -0.15) is 29.9 Å². The van der Waals surface area contributed by atoms with Crippen LogP contribution in [0.3, 0.4) is 0 Å². The minimum atomic E-state index is -4.39. The third-order valence-corrected chi connectivity index (χ3v) is 5.39. The Morgan fingerprint density at radius 3 is 2.46 bits per heavy atom. The van der Waals surface area contributed by atoms with Crippen molar-refractivity contribution in [2.75, 3.05) is 23.6 Å². The van der Waals surface area contributed by atoms with Crippen molar-refractivity contribution >= 4 is 29.3 Å². The predicted octanol–water partition coefficient (Wildman–Crippen LogP) is 1.96. The molecule has 0 radical (unpaired) electrons. The van der Waals surface area contributed by atoms with E-state index in [-0.39, 0.29) is 5.88 Å². The minimum absolute atomic E-state index is 0.0154. The van der Waals surface area contributed by atoms with Crippen LogP contribution in [0.1, 0.15) is 5.56 Å². The molecule has 4 rings (SSSR count). The molecule has 4 nitrogen and oxygen atoms in total. The van der Waals surface area contributed by atoms with E-state index < -0.39 is 11.7 Å². The van der Waals surface area contributed by atoms with Crippen molar-refractivity contribution in [2.24, 2.45) is 0 Å². The van der Waals surface area contributed by atoms with Crippen molar-refractivity contribution in [1.82, 2.24) is 4.90 Å². The van der Waals surface area contributed by atoms with E-state index in [1.807, 2.05) is 41.6 Å². The monoisotopic (exact) mass is 406 g/mol. The van der Waals surface area contributed by atoms with Gasteiger partial charge in [0.2, 0.25) is 0 Å². The first-order valence-corrected chi connectivity index (χ1v) is 10.1. The number of hydrogen-bond donors (Lipinski definition) is 2. The molecular formula is C20H19F3N3OS+. The summed E-state index contributed by atoms with van der Waals surface area (Å²) in [5, 5.41) is 14.5. The summed E-state index contributed by atoms with van der Waals surface area (Å²) in [6.07, 6.45) is -0.365. The second kappa shape index (κ2) is 7.10. The van der Waals surface area contributed by atoms with Gasteiger partial charge < -0.3 is 10.0 Å². The van der Waals surface area contributed by atoms with Gasteiger partial charge in [0.05, 0.1) is 11.3 Å². The van der Waals surface area contributed by atoms with Crippen molar-refractivity contribution in [3.8, 4) is 0 Å². The van der Waals surface area contributed by atoms with Crippen LogP contribution in [0, 0.1) is 0 Å². The first-order chi connectivity index (χ1) is 13.4. The average molecular weight is 406 g/mol. The van der Waals surface area contributed by atoms with Gasteiger partial charge >= 0.3 is 6.18 Å². The first-order valence-electron chi connectivity index (χ1n) is 8.72. The van der Waals surface area contributed by atoms with Gasteiger partial charge in [0.1, 0.15) is 0 Å². The molecule has 0 saturated heterocycles. The first kappa shape index (κ1) is 18.8. The SMILES string of the molecule is CSCCN1C=c2ccccc2=C2[NH2+]N(c3ccc(C(F)(F)F)cc3)C(O)=C21. The van der Waals surface area contributed by atoms with Crippen molar-refractivity contribution in [3.05, 3.63) is 76.1 Å². The summed E-state index contributed by atoms with van der Waals surface area (Å²) in [7, 11) is 0. The number of aliphatic hydroxyl groups excluding tert-OH is 1. The Hall–Kier alpha value is -2.58. The fourth-order valence-corrected chi connectivity index (χ4v) is 3.81. The van der Waals surface area contributed by atoms with E-state index in [1.54, 1.807) is 17.2 Å².